The predicted octanol–water partition coefficient (Wildman–Crippen LogP) is 4.00. The molecule has 0 radical (unpaired) electrons. The van der Waals surface area contributed by atoms with Crippen molar-refractivity contribution in [3.63, 3.8) is 0 Å². The molecule has 2 N–H and O–H groups in total. The van der Waals surface area contributed by atoms with Gasteiger partial charge in [0, 0.05) is 16.3 Å². The van der Waals surface area contributed by atoms with Crippen molar-refractivity contribution < 1.29 is 9.53 Å². The summed E-state index contributed by atoms with van der Waals surface area (Å²) in [6, 6.07) is 12.8. The van der Waals surface area contributed by atoms with E-state index in [-0.39, 0.29) is 5.97 Å². The molecule has 0 saturated heterocycles. The van der Waals surface area contributed by atoms with Crippen LogP contribution in [-0.2, 0) is 10.5 Å². The lowest BCUT2D eigenvalue weighted by Crippen LogP contribution is -2.01. The predicted molar refractivity (Wildman–Crippen MR) is 83.2 cm³/mol. The number of nitrogen functional groups attached to an aromatic ring is 1. The molecule has 2 aromatic rings. The van der Waals surface area contributed by atoms with E-state index in [2.05, 4.69) is 0 Å². The van der Waals surface area contributed by atoms with Crippen LogP contribution in [0.25, 0.3) is 0 Å². The number of esters is 1. The first-order valence-electron chi connectivity index (χ1n) is 5.96. The lowest BCUT2D eigenvalue weighted by Gasteiger charge is -2.08. The Morgan fingerprint density at radius 1 is 1.30 bits per heavy atom. The summed E-state index contributed by atoms with van der Waals surface area (Å²) in [7, 11) is 1.37. The maximum Gasteiger partial charge on any atom is 0.337 e. The standard InChI is InChI=1S/C15H14ClNO2S/c1-19-15(18)11-5-2-4-10(8-11)9-20-14-12(16)6-3-7-13(14)17/h2-8H,9,17H2,1H3. The summed E-state index contributed by atoms with van der Waals surface area (Å²) >= 11 is 7.67. The van der Waals surface area contributed by atoms with Crippen LogP contribution >= 0.6 is 23.4 Å². The van der Waals surface area contributed by atoms with Gasteiger partial charge in [-0.3, -0.25) is 0 Å². The average molecular weight is 308 g/mol. The molecule has 2 rings (SSSR count). The van der Waals surface area contributed by atoms with E-state index in [1.54, 1.807) is 17.8 Å². The van der Waals surface area contributed by atoms with Crippen molar-refractivity contribution in [3.8, 4) is 0 Å². The lowest BCUT2D eigenvalue weighted by molar-refractivity contribution is 0.0600. The molecule has 0 aromatic heterocycles. The molecule has 0 aliphatic heterocycles. The van der Waals surface area contributed by atoms with Gasteiger partial charge in [0.25, 0.3) is 0 Å². The van der Waals surface area contributed by atoms with E-state index >= 15 is 0 Å². The van der Waals surface area contributed by atoms with Gasteiger partial charge in [-0.25, -0.2) is 4.79 Å². The second-order valence-corrected chi connectivity index (χ2v) is 5.53. The smallest absolute Gasteiger partial charge is 0.337 e. The van der Waals surface area contributed by atoms with Crippen LogP contribution in [0.4, 0.5) is 5.69 Å². The Labute approximate surface area is 127 Å². The van der Waals surface area contributed by atoms with Crippen molar-refractivity contribution in [2.24, 2.45) is 0 Å². The van der Waals surface area contributed by atoms with Gasteiger partial charge in [0.2, 0.25) is 0 Å². The highest BCUT2D eigenvalue weighted by atomic mass is 35.5. The van der Waals surface area contributed by atoms with Gasteiger partial charge in [-0.05, 0) is 29.8 Å². The maximum atomic E-state index is 11.5. The van der Waals surface area contributed by atoms with Crippen molar-refractivity contribution in [1.29, 1.82) is 0 Å². The number of rotatable bonds is 4. The SMILES string of the molecule is COC(=O)c1cccc(CSc2c(N)cccc2Cl)c1. The number of halogens is 1. The van der Waals surface area contributed by atoms with Gasteiger partial charge in [0.15, 0.2) is 0 Å². The number of methoxy groups -OCH3 is 1. The molecule has 0 atom stereocenters. The quantitative estimate of drug-likeness (QED) is 0.527. The van der Waals surface area contributed by atoms with Gasteiger partial charge in [-0.15, -0.1) is 11.8 Å². The molecule has 0 aliphatic carbocycles. The van der Waals surface area contributed by atoms with Gasteiger partial charge >= 0.3 is 5.97 Å². The Hall–Kier alpha value is -1.65. The van der Waals surface area contributed by atoms with Crippen molar-refractivity contribution in [3.05, 3.63) is 58.6 Å². The molecule has 0 saturated carbocycles. The lowest BCUT2D eigenvalue weighted by atomic mass is 10.1. The zero-order chi connectivity index (χ0) is 14.5. The number of ether oxygens (including phenoxy) is 1. The van der Waals surface area contributed by atoms with Crippen molar-refractivity contribution in [1.82, 2.24) is 0 Å². The molecule has 0 heterocycles. The fourth-order valence-corrected chi connectivity index (χ4v) is 3.02. The Balaban J connectivity index is 2.13. The molecule has 0 bridgehead atoms. The topological polar surface area (TPSA) is 52.3 Å². The number of benzene rings is 2. The summed E-state index contributed by atoms with van der Waals surface area (Å²) in [4.78, 5) is 12.3. The second-order valence-electron chi connectivity index (χ2n) is 4.14. The van der Waals surface area contributed by atoms with Gasteiger partial charge in [0.1, 0.15) is 0 Å². The van der Waals surface area contributed by atoms with Crippen LogP contribution < -0.4 is 5.73 Å². The minimum Gasteiger partial charge on any atom is -0.465 e. The van der Waals surface area contributed by atoms with Gasteiger partial charge in [0.05, 0.1) is 17.7 Å². The molecule has 5 heteroatoms. The highest BCUT2D eigenvalue weighted by Gasteiger charge is 2.08. The number of hydrogen-bond acceptors (Lipinski definition) is 4. The van der Waals surface area contributed by atoms with Crippen molar-refractivity contribution >= 4 is 35.0 Å². The third-order valence-corrected chi connectivity index (χ3v) is 4.38. The normalized spacial score (nSPS) is 10.3. The van der Waals surface area contributed by atoms with E-state index in [0.717, 1.165) is 10.5 Å². The summed E-state index contributed by atoms with van der Waals surface area (Å²) in [6.07, 6.45) is 0. The summed E-state index contributed by atoms with van der Waals surface area (Å²) in [5, 5.41) is 0.638. The van der Waals surface area contributed by atoms with Crippen LogP contribution in [0.3, 0.4) is 0 Å². The number of thioether (sulfide) groups is 1. The van der Waals surface area contributed by atoms with Crippen molar-refractivity contribution in [2.75, 3.05) is 12.8 Å². The minimum atomic E-state index is -0.339. The first-order chi connectivity index (χ1) is 9.61. The molecule has 0 spiro atoms. The van der Waals surface area contributed by atoms with Crippen LogP contribution in [0.2, 0.25) is 5.02 Å². The van der Waals surface area contributed by atoms with Crippen LogP contribution in [0, 0.1) is 0 Å². The van der Waals surface area contributed by atoms with E-state index in [9.17, 15) is 4.79 Å². The highest BCUT2D eigenvalue weighted by molar-refractivity contribution is 7.98. The number of carbonyl (C=O) groups is 1. The number of carbonyl (C=O) groups excluding carboxylic acids is 1. The maximum absolute atomic E-state index is 11.5. The fourth-order valence-electron chi connectivity index (χ4n) is 1.74. The Kier molecular flexibility index (Phi) is 4.93. The minimum absolute atomic E-state index is 0.339. The molecule has 0 amide bonds. The third-order valence-electron chi connectivity index (χ3n) is 2.73. The summed E-state index contributed by atoms with van der Waals surface area (Å²) < 4.78 is 4.71. The second kappa shape index (κ2) is 6.68. The Morgan fingerprint density at radius 2 is 2.05 bits per heavy atom. The average Bonchev–Trinajstić information content (AvgIpc) is 2.46. The van der Waals surface area contributed by atoms with Crippen molar-refractivity contribution in [2.45, 2.75) is 10.6 Å². The van der Waals surface area contributed by atoms with E-state index < -0.39 is 0 Å². The Morgan fingerprint density at radius 3 is 2.75 bits per heavy atom. The number of anilines is 1. The molecule has 3 nitrogen and oxygen atoms in total. The van der Waals surface area contributed by atoms with Crippen LogP contribution in [0.15, 0.2) is 47.4 Å². The zero-order valence-corrected chi connectivity index (χ0v) is 12.5. The van der Waals surface area contributed by atoms with Crippen LogP contribution in [-0.4, -0.2) is 13.1 Å². The fraction of sp³-hybridized carbons (Fsp3) is 0.133. The molecule has 20 heavy (non-hydrogen) atoms. The monoisotopic (exact) mass is 307 g/mol. The van der Waals surface area contributed by atoms with E-state index in [1.165, 1.54) is 7.11 Å². The summed E-state index contributed by atoms with van der Waals surface area (Å²) in [6.45, 7) is 0. The molecular weight excluding hydrogens is 294 g/mol. The van der Waals surface area contributed by atoms with Gasteiger partial charge in [-0.1, -0.05) is 29.8 Å². The van der Waals surface area contributed by atoms with E-state index in [4.69, 9.17) is 22.1 Å². The van der Waals surface area contributed by atoms with Crippen LogP contribution in [0.1, 0.15) is 15.9 Å². The summed E-state index contributed by atoms with van der Waals surface area (Å²) in [5.74, 6) is 0.341. The molecule has 104 valence electrons. The molecule has 0 aliphatic rings. The van der Waals surface area contributed by atoms with Gasteiger partial charge in [-0.2, -0.15) is 0 Å². The third kappa shape index (κ3) is 3.46. The van der Waals surface area contributed by atoms with E-state index in [0.29, 0.717) is 22.0 Å². The Bertz CT molecular complexity index is 611. The van der Waals surface area contributed by atoms with Gasteiger partial charge < -0.3 is 10.5 Å². The first-order valence-corrected chi connectivity index (χ1v) is 7.32. The largest absolute Gasteiger partial charge is 0.465 e. The first kappa shape index (κ1) is 14.8. The number of nitrogens with two attached hydrogens (primary N) is 1. The molecular formula is C15H14ClNO2S. The molecule has 2 aromatic carbocycles. The molecule has 0 fully saturated rings. The summed E-state index contributed by atoms with van der Waals surface area (Å²) in [5.41, 5.74) is 8.12. The molecule has 0 unspecified atom stereocenters. The van der Waals surface area contributed by atoms with Crippen LogP contribution in [0.5, 0.6) is 0 Å². The highest BCUT2D eigenvalue weighted by Crippen LogP contribution is 2.34. The number of hydrogen-bond donors (Lipinski definition) is 1. The zero-order valence-electron chi connectivity index (χ0n) is 10.9. The van der Waals surface area contributed by atoms with E-state index in [1.807, 2.05) is 36.4 Å².